The summed E-state index contributed by atoms with van der Waals surface area (Å²) >= 11 is 0. The van der Waals surface area contributed by atoms with Crippen molar-refractivity contribution in [3.8, 4) is 17.2 Å². The van der Waals surface area contributed by atoms with Gasteiger partial charge < -0.3 is 14.6 Å². The van der Waals surface area contributed by atoms with Crippen molar-refractivity contribution < 1.29 is 24.2 Å². The highest BCUT2D eigenvalue weighted by Crippen LogP contribution is 2.19. The number of ether oxygens (including phenoxy) is 2. The van der Waals surface area contributed by atoms with Gasteiger partial charge in [0.1, 0.15) is 17.2 Å². The number of carbonyl (C=O) groups is 2. The molecule has 0 aliphatic rings. The van der Waals surface area contributed by atoms with Gasteiger partial charge in [0.05, 0.1) is 5.56 Å². The van der Waals surface area contributed by atoms with Crippen LogP contribution in [0.1, 0.15) is 17.3 Å². The summed E-state index contributed by atoms with van der Waals surface area (Å²) in [6.45, 7) is 5.03. The van der Waals surface area contributed by atoms with E-state index >= 15 is 0 Å². The van der Waals surface area contributed by atoms with Gasteiger partial charge in [-0.2, -0.15) is 0 Å². The molecule has 0 aliphatic carbocycles. The van der Waals surface area contributed by atoms with Gasteiger partial charge in [-0.25, -0.2) is 9.59 Å². The summed E-state index contributed by atoms with van der Waals surface area (Å²) in [6, 6.07) is 11.8. The molecule has 0 bridgehead atoms. The molecule has 5 nitrogen and oxygen atoms in total. The normalized spacial score (nSPS) is 9.86. The van der Waals surface area contributed by atoms with Crippen LogP contribution >= 0.6 is 0 Å². The lowest BCUT2D eigenvalue weighted by Crippen LogP contribution is -2.10. The highest BCUT2D eigenvalue weighted by Gasteiger charge is 2.10. The fourth-order valence-corrected chi connectivity index (χ4v) is 1.53. The maximum atomic E-state index is 11.9. The van der Waals surface area contributed by atoms with Gasteiger partial charge in [-0.3, -0.25) is 0 Å². The van der Waals surface area contributed by atoms with E-state index in [0.717, 1.165) is 0 Å². The average molecular weight is 298 g/mol. The van der Waals surface area contributed by atoms with Crippen molar-refractivity contribution in [3.63, 3.8) is 0 Å². The molecule has 0 saturated heterocycles. The molecule has 2 aromatic rings. The number of hydrogen-bond acceptors (Lipinski definition) is 5. The Bertz CT molecular complexity index is 699. The van der Waals surface area contributed by atoms with E-state index in [9.17, 15) is 9.59 Å². The van der Waals surface area contributed by atoms with Gasteiger partial charge in [-0.05, 0) is 55.5 Å². The van der Waals surface area contributed by atoms with Crippen LogP contribution in [-0.2, 0) is 4.79 Å². The second kappa shape index (κ2) is 6.58. The topological polar surface area (TPSA) is 72.8 Å². The molecule has 0 atom stereocenters. The zero-order valence-corrected chi connectivity index (χ0v) is 11.9. The minimum Gasteiger partial charge on any atom is -0.508 e. The minimum absolute atomic E-state index is 0.0866. The van der Waals surface area contributed by atoms with E-state index in [4.69, 9.17) is 14.6 Å². The van der Waals surface area contributed by atoms with Crippen molar-refractivity contribution in [1.82, 2.24) is 0 Å². The third-order valence-corrected chi connectivity index (χ3v) is 2.70. The quantitative estimate of drug-likeness (QED) is 0.533. The summed E-state index contributed by atoms with van der Waals surface area (Å²) in [5, 5.41) is 9.16. The highest BCUT2D eigenvalue weighted by atomic mass is 16.5. The first-order valence-corrected chi connectivity index (χ1v) is 6.44. The SMILES string of the molecule is C=C(C)C(=O)Oc1ccc(C(=O)Oc2ccc(O)cc2)cc1. The van der Waals surface area contributed by atoms with Gasteiger partial charge >= 0.3 is 11.9 Å². The fourth-order valence-electron chi connectivity index (χ4n) is 1.53. The molecule has 2 aromatic carbocycles. The van der Waals surface area contributed by atoms with Gasteiger partial charge in [-0.1, -0.05) is 6.58 Å². The van der Waals surface area contributed by atoms with E-state index in [0.29, 0.717) is 17.1 Å². The zero-order chi connectivity index (χ0) is 16.1. The smallest absolute Gasteiger partial charge is 0.343 e. The molecule has 0 spiro atoms. The van der Waals surface area contributed by atoms with Gasteiger partial charge in [-0.15, -0.1) is 0 Å². The minimum atomic E-state index is -0.552. The Morgan fingerprint density at radius 1 is 0.909 bits per heavy atom. The third-order valence-electron chi connectivity index (χ3n) is 2.70. The number of rotatable bonds is 4. The number of phenolic OH excluding ortho intramolecular Hbond substituents is 1. The molecular formula is C17H14O5. The van der Waals surface area contributed by atoms with Crippen LogP contribution in [0.5, 0.6) is 17.2 Å². The average Bonchev–Trinajstić information content (AvgIpc) is 2.50. The van der Waals surface area contributed by atoms with Crippen LogP contribution in [0.4, 0.5) is 0 Å². The predicted octanol–water partition coefficient (Wildman–Crippen LogP) is 3.09. The molecule has 5 heteroatoms. The molecule has 0 unspecified atom stereocenters. The third kappa shape index (κ3) is 3.96. The molecule has 0 amide bonds. The molecule has 0 saturated carbocycles. The van der Waals surface area contributed by atoms with Gasteiger partial charge in [0.25, 0.3) is 0 Å². The van der Waals surface area contributed by atoms with Gasteiger partial charge in [0.2, 0.25) is 0 Å². The van der Waals surface area contributed by atoms with Crippen LogP contribution in [0.25, 0.3) is 0 Å². The monoisotopic (exact) mass is 298 g/mol. The molecule has 1 N–H and O–H groups in total. The maximum absolute atomic E-state index is 11.9. The van der Waals surface area contributed by atoms with Crippen LogP contribution in [0, 0.1) is 0 Å². The Morgan fingerprint density at radius 2 is 1.41 bits per heavy atom. The summed E-state index contributed by atoms with van der Waals surface area (Å²) < 4.78 is 10.2. The van der Waals surface area contributed by atoms with Crippen LogP contribution in [-0.4, -0.2) is 17.0 Å². The van der Waals surface area contributed by atoms with Crippen molar-refractivity contribution in [2.24, 2.45) is 0 Å². The second-order valence-corrected chi connectivity index (χ2v) is 4.58. The molecule has 0 aromatic heterocycles. The Kier molecular flexibility index (Phi) is 4.58. The van der Waals surface area contributed by atoms with Crippen molar-refractivity contribution in [2.75, 3.05) is 0 Å². The summed E-state index contributed by atoms with van der Waals surface area (Å²) in [4.78, 5) is 23.3. The van der Waals surface area contributed by atoms with Crippen molar-refractivity contribution in [3.05, 3.63) is 66.2 Å². The van der Waals surface area contributed by atoms with E-state index in [-0.39, 0.29) is 11.3 Å². The van der Waals surface area contributed by atoms with Crippen molar-refractivity contribution >= 4 is 11.9 Å². The predicted molar refractivity (Wildman–Crippen MR) is 80.0 cm³/mol. The van der Waals surface area contributed by atoms with Gasteiger partial charge in [0.15, 0.2) is 0 Å². The van der Waals surface area contributed by atoms with Crippen LogP contribution in [0.2, 0.25) is 0 Å². The van der Waals surface area contributed by atoms with Crippen LogP contribution in [0.3, 0.4) is 0 Å². The summed E-state index contributed by atoms with van der Waals surface area (Å²) in [5.74, 6) is -0.360. The standard InChI is InChI=1S/C17H14O5/c1-11(2)16(19)21-14-7-3-12(4-8-14)17(20)22-15-9-5-13(18)6-10-15/h3-10,18H,1H2,2H3. The number of aromatic hydroxyl groups is 1. The Morgan fingerprint density at radius 3 is 1.95 bits per heavy atom. The molecule has 0 aliphatic heterocycles. The van der Waals surface area contributed by atoms with Gasteiger partial charge in [0, 0.05) is 5.57 Å². The number of hydrogen-bond donors (Lipinski definition) is 1. The summed E-state index contributed by atoms with van der Waals surface area (Å²) in [5.41, 5.74) is 0.596. The number of carbonyl (C=O) groups excluding carboxylic acids is 2. The lowest BCUT2D eigenvalue weighted by Gasteiger charge is -2.06. The summed E-state index contributed by atoms with van der Waals surface area (Å²) in [6.07, 6.45) is 0. The van der Waals surface area contributed by atoms with Crippen LogP contribution in [0.15, 0.2) is 60.7 Å². The highest BCUT2D eigenvalue weighted by molar-refractivity contribution is 5.91. The van der Waals surface area contributed by atoms with E-state index < -0.39 is 11.9 Å². The number of benzene rings is 2. The molecule has 112 valence electrons. The first-order valence-electron chi connectivity index (χ1n) is 6.44. The van der Waals surface area contributed by atoms with Crippen LogP contribution < -0.4 is 9.47 Å². The number of phenols is 1. The van der Waals surface area contributed by atoms with Crippen molar-refractivity contribution in [1.29, 1.82) is 0 Å². The molecule has 0 radical (unpaired) electrons. The molecule has 2 rings (SSSR count). The Labute approximate surface area is 127 Å². The van der Waals surface area contributed by atoms with E-state index in [1.165, 1.54) is 48.5 Å². The lowest BCUT2D eigenvalue weighted by atomic mass is 10.2. The summed E-state index contributed by atoms with van der Waals surface area (Å²) in [7, 11) is 0. The number of esters is 2. The molecule has 0 heterocycles. The zero-order valence-electron chi connectivity index (χ0n) is 11.9. The largest absolute Gasteiger partial charge is 0.508 e. The Balaban J connectivity index is 2.03. The lowest BCUT2D eigenvalue weighted by molar-refractivity contribution is -0.130. The fraction of sp³-hybridized carbons (Fsp3) is 0.0588. The molecular weight excluding hydrogens is 284 g/mol. The van der Waals surface area contributed by atoms with E-state index in [1.807, 2.05) is 0 Å². The maximum Gasteiger partial charge on any atom is 0.343 e. The first kappa shape index (κ1) is 15.3. The second-order valence-electron chi connectivity index (χ2n) is 4.58. The van der Waals surface area contributed by atoms with E-state index in [1.54, 1.807) is 6.92 Å². The Hall–Kier alpha value is -3.08. The molecule has 0 fully saturated rings. The first-order chi connectivity index (χ1) is 10.5. The molecule has 22 heavy (non-hydrogen) atoms. The van der Waals surface area contributed by atoms with Crippen molar-refractivity contribution in [2.45, 2.75) is 6.92 Å². The van der Waals surface area contributed by atoms with E-state index in [2.05, 4.69) is 6.58 Å².